The Hall–Kier alpha value is -1.26. The summed E-state index contributed by atoms with van der Waals surface area (Å²) in [5, 5.41) is 0. The highest BCUT2D eigenvalue weighted by Crippen LogP contribution is 2.38. The lowest BCUT2D eigenvalue weighted by Crippen LogP contribution is -2.55. The summed E-state index contributed by atoms with van der Waals surface area (Å²) in [7, 11) is 1.42. The largest absolute Gasteiger partial charge is 0.469 e. The molecular formula is C18H31NO4. The Labute approximate surface area is 139 Å². The SMILES string of the molecule is COC(=O)C1CC(N(C(=O)OC(C)(C)C)[C@H]2CC[C@@H](C)CC2)C1. The van der Waals surface area contributed by atoms with Gasteiger partial charge in [0.2, 0.25) is 0 Å². The highest BCUT2D eigenvalue weighted by atomic mass is 16.6. The molecule has 0 aromatic heterocycles. The number of nitrogens with zero attached hydrogens (tertiary/aromatic N) is 1. The Balaban J connectivity index is 2.03. The molecular weight excluding hydrogens is 294 g/mol. The second kappa shape index (κ2) is 7.10. The van der Waals surface area contributed by atoms with Gasteiger partial charge in [-0.15, -0.1) is 0 Å². The lowest BCUT2D eigenvalue weighted by atomic mass is 9.77. The fourth-order valence-corrected chi connectivity index (χ4v) is 3.61. The number of carbonyl (C=O) groups excluding carboxylic acids is 2. The van der Waals surface area contributed by atoms with Gasteiger partial charge in [-0.2, -0.15) is 0 Å². The molecule has 0 aliphatic heterocycles. The van der Waals surface area contributed by atoms with E-state index in [2.05, 4.69) is 6.92 Å². The van der Waals surface area contributed by atoms with Crippen molar-refractivity contribution >= 4 is 12.1 Å². The zero-order chi connectivity index (χ0) is 17.2. The summed E-state index contributed by atoms with van der Waals surface area (Å²) in [6, 6.07) is 0.344. The molecule has 23 heavy (non-hydrogen) atoms. The van der Waals surface area contributed by atoms with Crippen LogP contribution in [0.3, 0.4) is 0 Å². The quantitative estimate of drug-likeness (QED) is 0.742. The minimum atomic E-state index is -0.497. The van der Waals surface area contributed by atoms with E-state index in [1.165, 1.54) is 7.11 Å². The average molecular weight is 325 g/mol. The highest BCUT2D eigenvalue weighted by molar-refractivity contribution is 5.75. The summed E-state index contributed by atoms with van der Waals surface area (Å²) < 4.78 is 10.4. The zero-order valence-electron chi connectivity index (χ0n) is 15.1. The number of rotatable bonds is 3. The summed E-state index contributed by atoms with van der Waals surface area (Å²) in [6.07, 6.45) is 5.51. The van der Waals surface area contributed by atoms with Crippen LogP contribution in [0.1, 0.15) is 66.2 Å². The Morgan fingerprint density at radius 1 is 1.00 bits per heavy atom. The van der Waals surface area contributed by atoms with E-state index in [-0.39, 0.29) is 30.1 Å². The molecule has 5 nitrogen and oxygen atoms in total. The van der Waals surface area contributed by atoms with Crippen molar-refractivity contribution in [1.29, 1.82) is 0 Å². The van der Waals surface area contributed by atoms with Crippen molar-refractivity contribution in [3.05, 3.63) is 0 Å². The van der Waals surface area contributed by atoms with E-state index < -0.39 is 5.60 Å². The van der Waals surface area contributed by atoms with Gasteiger partial charge in [0.1, 0.15) is 5.60 Å². The fourth-order valence-electron chi connectivity index (χ4n) is 3.61. The molecule has 0 unspecified atom stereocenters. The van der Waals surface area contributed by atoms with Crippen molar-refractivity contribution in [2.75, 3.05) is 7.11 Å². The van der Waals surface area contributed by atoms with E-state index in [0.717, 1.165) is 31.6 Å². The van der Waals surface area contributed by atoms with Crippen molar-refractivity contribution in [1.82, 2.24) is 4.90 Å². The second-order valence-electron chi connectivity index (χ2n) is 8.15. The van der Waals surface area contributed by atoms with Crippen LogP contribution in [0, 0.1) is 11.8 Å². The predicted octanol–water partition coefficient (Wildman–Crippen LogP) is 3.75. The Kier molecular flexibility index (Phi) is 5.58. The maximum absolute atomic E-state index is 12.7. The van der Waals surface area contributed by atoms with Gasteiger partial charge < -0.3 is 14.4 Å². The van der Waals surface area contributed by atoms with Crippen molar-refractivity contribution in [2.45, 2.75) is 83.9 Å². The maximum Gasteiger partial charge on any atom is 0.410 e. The normalized spacial score (nSPS) is 31.0. The molecule has 0 saturated heterocycles. The molecule has 5 heteroatoms. The van der Waals surface area contributed by atoms with Crippen molar-refractivity contribution in [3.8, 4) is 0 Å². The molecule has 0 radical (unpaired) electrons. The van der Waals surface area contributed by atoms with Gasteiger partial charge in [0.15, 0.2) is 0 Å². The van der Waals surface area contributed by atoms with Crippen LogP contribution in [0.15, 0.2) is 0 Å². The Morgan fingerprint density at radius 3 is 2.04 bits per heavy atom. The van der Waals surface area contributed by atoms with Gasteiger partial charge in [-0.3, -0.25) is 4.79 Å². The highest BCUT2D eigenvalue weighted by Gasteiger charge is 2.44. The second-order valence-corrected chi connectivity index (χ2v) is 8.15. The minimum Gasteiger partial charge on any atom is -0.469 e. The summed E-state index contributed by atoms with van der Waals surface area (Å²) >= 11 is 0. The van der Waals surface area contributed by atoms with Gasteiger partial charge in [0, 0.05) is 12.1 Å². The van der Waals surface area contributed by atoms with Gasteiger partial charge >= 0.3 is 12.1 Å². The average Bonchev–Trinajstić information content (AvgIpc) is 2.40. The topological polar surface area (TPSA) is 55.8 Å². The Bertz CT molecular complexity index is 429. The van der Waals surface area contributed by atoms with Crippen LogP contribution in [0.2, 0.25) is 0 Å². The van der Waals surface area contributed by atoms with Crippen molar-refractivity contribution in [2.24, 2.45) is 11.8 Å². The summed E-state index contributed by atoms with van der Waals surface area (Å²) in [5.41, 5.74) is -0.497. The minimum absolute atomic E-state index is 0.0718. The van der Waals surface area contributed by atoms with E-state index in [0.29, 0.717) is 12.8 Å². The molecule has 2 saturated carbocycles. The first kappa shape index (κ1) is 18.1. The zero-order valence-corrected chi connectivity index (χ0v) is 15.1. The van der Waals surface area contributed by atoms with Gasteiger partial charge in [-0.25, -0.2) is 4.79 Å². The molecule has 2 aliphatic carbocycles. The number of hydrogen-bond acceptors (Lipinski definition) is 4. The molecule has 0 atom stereocenters. The van der Waals surface area contributed by atoms with Gasteiger partial charge in [0.25, 0.3) is 0 Å². The third-order valence-electron chi connectivity index (χ3n) is 5.02. The molecule has 1 amide bonds. The number of ether oxygens (including phenoxy) is 2. The summed E-state index contributed by atoms with van der Waals surface area (Å²) in [6.45, 7) is 7.95. The fraction of sp³-hybridized carbons (Fsp3) is 0.889. The first-order valence-corrected chi connectivity index (χ1v) is 8.80. The standard InChI is InChI=1S/C18H31NO4/c1-12-6-8-14(9-7-12)19(17(21)23-18(2,3)4)15-10-13(11-15)16(20)22-5/h12-15H,6-11H2,1-5H3/t12-,13?,14+,15?. The van der Waals surface area contributed by atoms with Crippen LogP contribution in [0.25, 0.3) is 0 Å². The molecule has 2 rings (SSSR count). The van der Waals surface area contributed by atoms with Gasteiger partial charge in [0.05, 0.1) is 13.0 Å². The van der Waals surface area contributed by atoms with Crippen LogP contribution in [0.4, 0.5) is 4.79 Å². The maximum atomic E-state index is 12.7. The smallest absolute Gasteiger partial charge is 0.410 e. The van der Waals surface area contributed by atoms with Crippen molar-refractivity contribution < 1.29 is 19.1 Å². The van der Waals surface area contributed by atoms with E-state index in [9.17, 15) is 9.59 Å². The predicted molar refractivity (Wildman–Crippen MR) is 88.0 cm³/mol. The number of hydrogen-bond donors (Lipinski definition) is 0. The number of esters is 1. The molecule has 0 N–H and O–H groups in total. The van der Waals surface area contributed by atoms with E-state index in [1.807, 2.05) is 25.7 Å². The van der Waals surface area contributed by atoms with Gasteiger partial charge in [-0.1, -0.05) is 6.92 Å². The van der Waals surface area contributed by atoms with E-state index in [1.54, 1.807) is 0 Å². The Morgan fingerprint density at radius 2 is 1.57 bits per heavy atom. The molecule has 0 bridgehead atoms. The third-order valence-corrected chi connectivity index (χ3v) is 5.02. The van der Waals surface area contributed by atoms with Crippen molar-refractivity contribution in [3.63, 3.8) is 0 Å². The lowest BCUT2D eigenvalue weighted by Gasteiger charge is -2.47. The van der Waals surface area contributed by atoms with Crippen LogP contribution in [-0.4, -0.2) is 41.8 Å². The molecule has 132 valence electrons. The molecule has 2 aliphatic rings. The van der Waals surface area contributed by atoms with Crippen LogP contribution >= 0.6 is 0 Å². The lowest BCUT2D eigenvalue weighted by molar-refractivity contribution is -0.151. The third kappa shape index (κ3) is 4.61. The van der Waals surface area contributed by atoms with Crippen LogP contribution < -0.4 is 0 Å². The van der Waals surface area contributed by atoms with E-state index in [4.69, 9.17) is 9.47 Å². The first-order chi connectivity index (χ1) is 10.7. The van der Waals surface area contributed by atoms with Crippen LogP contribution in [-0.2, 0) is 14.3 Å². The molecule has 0 aromatic carbocycles. The van der Waals surface area contributed by atoms with Gasteiger partial charge in [-0.05, 0) is 65.2 Å². The summed E-state index contributed by atoms with van der Waals surface area (Å²) in [5.74, 6) is 0.496. The van der Waals surface area contributed by atoms with E-state index >= 15 is 0 Å². The number of methoxy groups -OCH3 is 1. The van der Waals surface area contributed by atoms with Crippen LogP contribution in [0.5, 0.6) is 0 Å². The number of amides is 1. The molecule has 2 fully saturated rings. The monoisotopic (exact) mass is 325 g/mol. The number of carbonyl (C=O) groups is 2. The molecule has 0 spiro atoms. The molecule has 0 heterocycles. The molecule has 0 aromatic rings. The first-order valence-electron chi connectivity index (χ1n) is 8.80. The summed E-state index contributed by atoms with van der Waals surface area (Å²) in [4.78, 5) is 26.3.